The van der Waals surface area contributed by atoms with Gasteiger partial charge in [0.2, 0.25) is 5.91 Å². The predicted octanol–water partition coefficient (Wildman–Crippen LogP) is 2.71. The molecule has 1 amide bonds. The Hall–Kier alpha value is -3.21. The quantitative estimate of drug-likeness (QED) is 0.409. The minimum absolute atomic E-state index is 0.0641. The fraction of sp³-hybridized carbons (Fsp3) is 0.444. The summed E-state index contributed by atoms with van der Waals surface area (Å²) in [5.74, 6) is -1.32. The molecule has 0 radical (unpaired) electrons. The van der Waals surface area contributed by atoms with E-state index < -0.39 is 17.7 Å². The number of carbonyl (C=O) groups is 3. The van der Waals surface area contributed by atoms with Crippen molar-refractivity contribution in [3.63, 3.8) is 0 Å². The average Bonchev–Trinajstić information content (AvgIpc) is 2.89. The van der Waals surface area contributed by atoms with Crippen molar-refractivity contribution in [3.8, 4) is 5.75 Å². The number of hydrogen-bond acceptors (Lipinski definition) is 7. The van der Waals surface area contributed by atoms with Crippen LogP contribution in [0.15, 0.2) is 30.3 Å². The first-order valence-corrected chi connectivity index (χ1v) is 12.2. The van der Waals surface area contributed by atoms with Crippen LogP contribution >= 0.6 is 0 Å². The number of ether oxygens (including phenoxy) is 2. The molecular weight excluding hydrogens is 484 g/mol. The van der Waals surface area contributed by atoms with Gasteiger partial charge in [0.25, 0.3) is 0 Å². The van der Waals surface area contributed by atoms with Crippen LogP contribution in [0.4, 0.5) is 8.78 Å². The Kier molecular flexibility index (Phi) is 10.7. The van der Waals surface area contributed by atoms with Crippen molar-refractivity contribution in [2.24, 2.45) is 0 Å². The first-order chi connectivity index (χ1) is 17.9. The molecule has 2 aromatic rings. The maximum absolute atomic E-state index is 14.9. The first kappa shape index (κ1) is 28.4. The number of nitrogens with one attached hydrogen (secondary N) is 1. The van der Waals surface area contributed by atoms with Gasteiger partial charge in [0, 0.05) is 62.4 Å². The molecule has 1 N–H and O–H groups in total. The Morgan fingerprint density at radius 1 is 1.22 bits per heavy atom. The highest BCUT2D eigenvalue weighted by molar-refractivity contribution is 5.82. The molecule has 3 rings (SSSR count). The summed E-state index contributed by atoms with van der Waals surface area (Å²) >= 11 is 0. The number of nitrogens with zero attached hydrogens (tertiary/aromatic N) is 2. The summed E-state index contributed by atoms with van der Waals surface area (Å²) in [6.45, 7) is 3.40. The van der Waals surface area contributed by atoms with Gasteiger partial charge in [-0.25, -0.2) is 8.78 Å². The Labute approximate surface area is 215 Å². The molecular formula is C27H33F2N3O5. The lowest BCUT2D eigenvalue weighted by Crippen LogP contribution is -2.43. The van der Waals surface area contributed by atoms with Crippen molar-refractivity contribution in [3.05, 3.63) is 64.2 Å². The maximum atomic E-state index is 14.9. The van der Waals surface area contributed by atoms with Crippen molar-refractivity contribution in [1.82, 2.24) is 15.1 Å². The van der Waals surface area contributed by atoms with E-state index >= 15 is 0 Å². The van der Waals surface area contributed by atoms with E-state index in [1.54, 1.807) is 18.0 Å². The lowest BCUT2D eigenvalue weighted by atomic mass is 10.0. The van der Waals surface area contributed by atoms with Crippen LogP contribution in [-0.2, 0) is 34.0 Å². The third kappa shape index (κ3) is 7.88. The Morgan fingerprint density at radius 3 is 2.62 bits per heavy atom. The normalized spacial score (nSPS) is 14.8. The highest BCUT2D eigenvalue weighted by Crippen LogP contribution is 2.27. The molecule has 1 unspecified atom stereocenters. The molecule has 8 nitrogen and oxygen atoms in total. The van der Waals surface area contributed by atoms with Gasteiger partial charge < -0.3 is 19.6 Å². The largest absolute Gasteiger partial charge is 0.488 e. The van der Waals surface area contributed by atoms with E-state index in [0.717, 1.165) is 37.1 Å². The monoisotopic (exact) mass is 517 g/mol. The first-order valence-electron chi connectivity index (χ1n) is 12.2. The van der Waals surface area contributed by atoms with Crippen LogP contribution in [-0.4, -0.2) is 74.7 Å². The van der Waals surface area contributed by atoms with Gasteiger partial charge in [0.1, 0.15) is 30.3 Å². The van der Waals surface area contributed by atoms with Crippen LogP contribution in [0, 0.1) is 11.6 Å². The summed E-state index contributed by atoms with van der Waals surface area (Å²) in [6, 6.07) is 6.51. The maximum Gasteiger partial charge on any atom is 0.237 e. The van der Waals surface area contributed by atoms with Crippen LogP contribution in [0.25, 0.3) is 0 Å². The van der Waals surface area contributed by atoms with Crippen LogP contribution in [0.3, 0.4) is 0 Å². The number of carbonyl (C=O) groups excluding carboxylic acids is 3. The summed E-state index contributed by atoms with van der Waals surface area (Å²) in [7, 11) is 3.16. The molecule has 200 valence electrons. The molecule has 1 heterocycles. The molecule has 1 aliphatic rings. The van der Waals surface area contributed by atoms with Crippen LogP contribution in [0.2, 0.25) is 0 Å². The second-order valence-corrected chi connectivity index (χ2v) is 8.98. The minimum Gasteiger partial charge on any atom is -0.488 e. The number of amides is 1. The zero-order chi connectivity index (χ0) is 26.8. The highest BCUT2D eigenvalue weighted by atomic mass is 19.1. The molecule has 0 saturated carbocycles. The van der Waals surface area contributed by atoms with E-state index in [-0.39, 0.29) is 48.8 Å². The minimum atomic E-state index is -0.673. The molecule has 0 aromatic heterocycles. The molecule has 1 atom stereocenters. The van der Waals surface area contributed by atoms with E-state index in [9.17, 15) is 23.2 Å². The van der Waals surface area contributed by atoms with E-state index in [4.69, 9.17) is 9.47 Å². The van der Waals surface area contributed by atoms with E-state index in [2.05, 4.69) is 10.2 Å². The van der Waals surface area contributed by atoms with Crippen molar-refractivity contribution >= 4 is 18.5 Å². The molecule has 0 spiro atoms. The van der Waals surface area contributed by atoms with Crippen LogP contribution < -0.4 is 10.1 Å². The summed E-state index contributed by atoms with van der Waals surface area (Å²) in [5, 5.41) is 2.57. The van der Waals surface area contributed by atoms with Crippen molar-refractivity contribution in [2.75, 3.05) is 40.4 Å². The fourth-order valence-corrected chi connectivity index (χ4v) is 4.32. The summed E-state index contributed by atoms with van der Waals surface area (Å²) < 4.78 is 40.3. The summed E-state index contributed by atoms with van der Waals surface area (Å²) in [5.41, 5.74) is 1.55. The zero-order valence-electron chi connectivity index (χ0n) is 21.2. The number of halogens is 2. The number of hydrogen-bond donors (Lipinski definition) is 1. The zero-order valence-corrected chi connectivity index (χ0v) is 21.2. The van der Waals surface area contributed by atoms with Crippen LogP contribution in [0.1, 0.15) is 39.9 Å². The lowest BCUT2D eigenvalue weighted by Gasteiger charge is -2.27. The van der Waals surface area contributed by atoms with Crippen LogP contribution in [0.5, 0.6) is 5.75 Å². The van der Waals surface area contributed by atoms with Gasteiger partial charge in [-0.15, -0.1) is 0 Å². The Bertz CT molecular complexity index is 1090. The molecule has 1 saturated heterocycles. The molecule has 1 fully saturated rings. The second-order valence-electron chi connectivity index (χ2n) is 8.98. The highest BCUT2D eigenvalue weighted by Gasteiger charge is 2.24. The van der Waals surface area contributed by atoms with Gasteiger partial charge in [-0.3, -0.25) is 19.4 Å². The fourth-order valence-electron chi connectivity index (χ4n) is 4.32. The molecule has 37 heavy (non-hydrogen) atoms. The molecule has 0 aliphatic carbocycles. The Morgan fingerprint density at radius 2 is 1.97 bits per heavy atom. The van der Waals surface area contributed by atoms with E-state index in [1.165, 1.54) is 13.1 Å². The average molecular weight is 518 g/mol. The third-order valence-corrected chi connectivity index (χ3v) is 6.39. The number of likely N-dealkylation sites (N-methyl/N-ethyl adjacent to an activating group) is 2. The predicted molar refractivity (Wildman–Crippen MR) is 133 cm³/mol. The smallest absolute Gasteiger partial charge is 0.237 e. The third-order valence-electron chi connectivity index (χ3n) is 6.39. The number of rotatable bonds is 13. The second kappa shape index (κ2) is 13.9. The summed E-state index contributed by atoms with van der Waals surface area (Å²) in [4.78, 5) is 38.8. The Balaban J connectivity index is 1.77. The van der Waals surface area contributed by atoms with Gasteiger partial charge in [0.05, 0.1) is 19.3 Å². The lowest BCUT2D eigenvalue weighted by molar-refractivity contribution is -0.126. The molecule has 10 heteroatoms. The van der Waals surface area contributed by atoms with Crippen molar-refractivity contribution in [1.29, 1.82) is 0 Å². The van der Waals surface area contributed by atoms with Crippen molar-refractivity contribution in [2.45, 2.75) is 38.6 Å². The molecule has 1 aliphatic heterocycles. The van der Waals surface area contributed by atoms with Gasteiger partial charge in [-0.2, -0.15) is 0 Å². The molecule has 2 aromatic carbocycles. The topological polar surface area (TPSA) is 88.2 Å². The van der Waals surface area contributed by atoms with Gasteiger partial charge in [-0.1, -0.05) is 12.1 Å². The standard InChI is InChI=1S/C27H33F2N3O5/c1-30-27(35)25(4-3-9-33)31(2)16-23-21(17-34)13-22(28)14-26(23)37-18-20-6-5-19(12-24(20)29)15-32-7-10-36-11-8-32/h5-6,9,12-14,17,25H,3-4,7-8,10-11,15-16,18H2,1-2H3,(H,30,35). The summed E-state index contributed by atoms with van der Waals surface area (Å²) in [6.07, 6.45) is 1.69. The van der Waals surface area contributed by atoms with Gasteiger partial charge in [-0.05, 0) is 31.2 Å². The van der Waals surface area contributed by atoms with Crippen molar-refractivity contribution < 1.29 is 32.6 Å². The molecule has 0 bridgehead atoms. The number of morpholine rings is 1. The van der Waals surface area contributed by atoms with Gasteiger partial charge >= 0.3 is 0 Å². The van der Waals surface area contributed by atoms with E-state index in [1.807, 2.05) is 6.07 Å². The van der Waals surface area contributed by atoms with Gasteiger partial charge in [0.15, 0.2) is 6.29 Å². The SMILES string of the molecule is CNC(=O)C(CCC=O)N(C)Cc1c(C=O)cc(F)cc1OCc1ccc(CN2CCOCC2)cc1F. The van der Waals surface area contributed by atoms with E-state index in [0.29, 0.717) is 31.6 Å². The number of benzene rings is 2. The number of aldehydes is 2.